The molecule has 1 aromatic carbocycles. The van der Waals surface area contributed by atoms with E-state index in [1.807, 2.05) is 0 Å². The maximum atomic E-state index is 12.4. The standard InChI is InChI=1S/C19H25F3N2O3/c1-14(2)3-8-17(25)23-9-11-24(12-10-23)18(26)13-15-4-6-16(7-5-15)27-19(20,21)22/h4-7,14H,3,8-13H2,1-2H3. The number of amides is 2. The fourth-order valence-electron chi connectivity index (χ4n) is 2.87. The summed E-state index contributed by atoms with van der Waals surface area (Å²) in [5.41, 5.74) is 0.616. The van der Waals surface area contributed by atoms with E-state index in [2.05, 4.69) is 18.6 Å². The Balaban J connectivity index is 1.80. The van der Waals surface area contributed by atoms with E-state index in [9.17, 15) is 22.8 Å². The first-order valence-corrected chi connectivity index (χ1v) is 9.04. The zero-order valence-electron chi connectivity index (χ0n) is 15.6. The van der Waals surface area contributed by atoms with E-state index in [0.717, 1.165) is 6.42 Å². The van der Waals surface area contributed by atoms with Crippen LogP contribution >= 0.6 is 0 Å². The van der Waals surface area contributed by atoms with Crippen molar-refractivity contribution in [2.45, 2.75) is 39.5 Å². The number of alkyl halides is 3. The maximum Gasteiger partial charge on any atom is 0.573 e. The van der Waals surface area contributed by atoms with Crippen molar-refractivity contribution in [2.75, 3.05) is 26.2 Å². The van der Waals surface area contributed by atoms with Gasteiger partial charge in [0.15, 0.2) is 0 Å². The molecule has 0 aliphatic carbocycles. The lowest BCUT2D eigenvalue weighted by Crippen LogP contribution is -2.51. The largest absolute Gasteiger partial charge is 0.573 e. The van der Waals surface area contributed by atoms with E-state index < -0.39 is 6.36 Å². The van der Waals surface area contributed by atoms with Crippen LogP contribution in [-0.2, 0) is 16.0 Å². The average Bonchev–Trinajstić information content (AvgIpc) is 2.60. The van der Waals surface area contributed by atoms with Gasteiger partial charge in [-0.2, -0.15) is 0 Å². The Morgan fingerprint density at radius 3 is 2.00 bits per heavy atom. The van der Waals surface area contributed by atoms with Gasteiger partial charge in [0, 0.05) is 32.6 Å². The molecule has 150 valence electrons. The second-order valence-corrected chi connectivity index (χ2v) is 7.06. The molecule has 0 saturated carbocycles. The summed E-state index contributed by atoms with van der Waals surface area (Å²) in [5, 5.41) is 0. The van der Waals surface area contributed by atoms with Gasteiger partial charge in [-0.1, -0.05) is 26.0 Å². The molecule has 8 heteroatoms. The smallest absolute Gasteiger partial charge is 0.406 e. The molecule has 1 aliphatic heterocycles. The second-order valence-electron chi connectivity index (χ2n) is 7.06. The summed E-state index contributed by atoms with van der Waals surface area (Å²) in [4.78, 5) is 28.0. The Morgan fingerprint density at radius 1 is 1.00 bits per heavy atom. The molecule has 0 spiro atoms. The Kier molecular flexibility index (Phi) is 7.10. The van der Waals surface area contributed by atoms with Crippen molar-refractivity contribution in [1.29, 1.82) is 0 Å². The minimum Gasteiger partial charge on any atom is -0.406 e. The number of carbonyl (C=O) groups excluding carboxylic acids is 2. The number of rotatable bonds is 6. The van der Waals surface area contributed by atoms with Gasteiger partial charge in [0.05, 0.1) is 6.42 Å². The van der Waals surface area contributed by atoms with E-state index in [1.54, 1.807) is 9.80 Å². The third-order valence-corrected chi connectivity index (χ3v) is 4.43. The molecule has 1 aliphatic rings. The van der Waals surface area contributed by atoms with E-state index in [1.165, 1.54) is 24.3 Å². The van der Waals surface area contributed by atoms with Gasteiger partial charge in [-0.05, 0) is 30.0 Å². The predicted octanol–water partition coefficient (Wildman–Crippen LogP) is 3.23. The van der Waals surface area contributed by atoms with E-state index in [0.29, 0.717) is 44.1 Å². The zero-order valence-corrected chi connectivity index (χ0v) is 15.6. The van der Waals surface area contributed by atoms with Crippen LogP contribution in [0.3, 0.4) is 0 Å². The number of ether oxygens (including phenoxy) is 1. The lowest BCUT2D eigenvalue weighted by molar-refractivity contribution is -0.274. The number of piperazine rings is 1. The summed E-state index contributed by atoms with van der Waals surface area (Å²) < 4.78 is 40.3. The predicted molar refractivity (Wildman–Crippen MR) is 94.1 cm³/mol. The molecular weight excluding hydrogens is 361 g/mol. The van der Waals surface area contributed by atoms with Gasteiger partial charge in [-0.3, -0.25) is 9.59 Å². The van der Waals surface area contributed by atoms with Crippen LogP contribution in [0, 0.1) is 5.92 Å². The molecule has 1 fully saturated rings. The highest BCUT2D eigenvalue weighted by atomic mass is 19.4. The average molecular weight is 386 g/mol. The molecule has 0 unspecified atom stereocenters. The number of nitrogens with zero attached hydrogens (tertiary/aromatic N) is 2. The fraction of sp³-hybridized carbons (Fsp3) is 0.579. The molecule has 0 atom stereocenters. The summed E-state index contributed by atoms with van der Waals surface area (Å²) >= 11 is 0. The van der Waals surface area contributed by atoms with Crippen molar-refractivity contribution >= 4 is 11.8 Å². The van der Waals surface area contributed by atoms with Gasteiger partial charge < -0.3 is 14.5 Å². The SMILES string of the molecule is CC(C)CCC(=O)N1CCN(C(=O)Cc2ccc(OC(F)(F)F)cc2)CC1. The molecule has 2 rings (SSSR count). The molecule has 2 amide bonds. The highest BCUT2D eigenvalue weighted by Crippen LogP contribution is 2.23. The quantitative estimate of drug-likeness (QED) is 0.754. The number of hydrogen-bond acceptors (Lipinski definition) is 3. The zero-order chi connectivity index (χ0) is 20.0. The lowest BCUT2D eigenvalue weighted by Gasteiger charge is -2.35. The topological polar surface area (TPSA) is 49.9 Å². The van der Waals surface area contributed by atoms with Crippen LogP contribution in [0.2, 0.25) is 0 Å². The third-order valence-electron chi connectivity index (χ3n) is 4.43. The molecule has 27 heavy (non-hydrogen) atoms. The van der Waals surface area contributed by atoms with Gasteiger partial charge in [0.2, 0.25) is 11.8 Å². The van der Waals surface area contributed by atoms with Crippen molar-refractivity contribution in [3.63, 3.8) is 0 Å². The van der Waals surface area contributed by atoms with Crippen LogP contribution in [0.1, 0.15) is 32.3 Å². The van der Waals surface area contributed by atoms with Crippen LogP contribution in [0.15, 0.2) is 24.3 Å². The normalized spacial score (nSPS) is 15.2. The van der Waals surface area contributed by atoms with Crippen molar-refractivity contribution < 1.29 is 27.5 Å². The number of carbonyl (C=O) groups is 2. The van der Waals surface area contributed by atoms with Gasteiger partial charge in [0.1, 0.15) is 5.75 Å². The summed E-state index contributed by atoms with van der Waals surface area (Å²) in [5.74, 6) is 0.182. The van der Waals surface area contributed by atoms with Crippen molar-refractivity contribution in [1.82, 2.24) is 9.80 Å². The molecule has 1 saturated heterocycles. The maximum absolute atomic E-state index is 12.4. The Labute approximate surface area is 157 Å². The monoisotopic (exact) mass is 386 g/mol. The van der Waals surface area contributed by atoms with Crippen LogP contribution in [0.4, 0.5) is 13.2 Å². The summed E-state index contributed by atoms with van der Waals surface area (Å²) in [7, 11) is 0. The van der Waals surface area contributed by atoms with Crippen LogP contribution < -0.4 is 4.74 Å². The molecule has 1 aromatic rings. The van der Waals surface area contributed by atoms with Crippen molar-refractivity contribution in [3.05, 3.63) is 29.8 Å². The summed E-state index contributed by atoms with van der Waals surface area (Å²) in [6.45, 7) is 6.13. The Hall–Kier alpha value is -2.25. The summed E-state index contributed by atoms with van der Waals surface area (Å²) in [6.07, 6.45) is -3.25. The van der Waals surface area contributed by atoms with Crippen LogP contribution in [0.5, 0.6) is 5.75 Å². The highest BCUT2D eigenvalue weighted by Gasteiger charge is 2.31. The van der Waals surface area contributed by atoms with Crippen LogP contribution in [-0.4, -0.2) is 54.2 Å². The molecule has 0 aromatic heterocycles. The number of halogens is 3. The lowest BCUT2D eigenvalue weighted by atomic mass is 10.1. The van der Waals surface area contributed by atoms with E-state index in [4.69, 9.17) is 0 Å². The number of hydrogen-bond donors (Lipinski definition) is 0. The molecule has 1 heterocycles. The molecule has 0 bridgehead atoms. The molecule has 0 N–H and O–H groups in total. The van der Waals surface area contributed by atoms with Gasteiger partial charge >= 0.3 is 6.36 Å². The first-order valence-electron chi connectivity index (χ1n) is 9.04. The molecular formula is C19H25F3N2O3. The van der Waals surface area contributed by atoms with Gasteiger partial charge in [0.25, 0.3) is 0 Å². The van der Waals surface area contributed by atoms with Gasteiger partial charge in [-0.15, -0.1) is 13.2 Å². The van der Waals surface area contributed by atoms with Gasteiger partial charge in [-0.25, -0.2) is 0 Å². The highest BCUT2D eigenvalue weighted by molar-refractivity contribution is 5.80. The fourth-order valence-corrected chi connectivity index (χ4v) is 2.87. The minimum atomic E-state index is -4.73. The first-order chi connectivity index (χ1) is 12.6. The van der Waals surface area contributed by atoms with E-state index >= 15 is 0 Å². The third kappa shape index (κ3) is 7.11. The Morgan fingerprint density at radius 2 is 1.52 bits per heavy atom. The van der Waals surface area contributed by atoms with E-state index in [-0.39, 0.29) is 24.0 Å². The van der Waals surface area contributed by atoms with Crippen LogP contribution in [0.25, 0.3) is 0 Å². The first kappa shape index (κ1) is 21.1. The molecule has 0 radical (unpaired) electrons. The number of benzene rings is 1. The van der Waals surface area contributed by atoms with Crippen molar-refractivity contribution in [2.24, 2.45) is 5.92 Å². The second kappa shape index (κ2) is 9.10. The van der Waals surface area contributed by atoms with Crippen molar-refractivity contribution in [3.8, 4) is 5.75 Å². The molecule has 5 nitrogen and oxygen atoms in total. The summed E-state index contributed by atoms with van der Waals surface area (Å²) in [6, 6.07) is 5.29. The minimum absolute atomic E-state index is 0.103. The Bertz CT molecular complexity index is 637.